The second-order valence-corrected chi connectivity index (χ2v) is 6.86. The fourth-order valence-corrected chi connectivity index (χ4v) is 3.04. The molecule has 29 heavy (non-hydrogen) atoms. The number of carbonyl (C=O) groups excluding carboxylic acids is 2. The normalized spacial score (nSPS) is 12.6. The number of hydrogen-bond acceptors (Lipinski definition) is 3. The maximum atomic E-state index is 13.4. The largest absolute Gasteiger partial charge is 0.480 e. The van der Waals surface area contributed by atoms with Gasteiger partial charge in [0.2, 0.25) is 11.8 Å². The van der Waals surface area contributed by atoms with Crippen LogP contribution in [0.5, 0.6) is 0 Å². The molecule has 2 aromatic rings. The first kappa shape index (κ1) is 22.1. The summed E-state index contributed by atoms with van der Waals surface area (Å²) < 4.78 is 13.4. The maximum Gasteiger partial charge on any atom is 0.326 e. The van der Waals surface area contributed by atoms with Gasteiger partial charge in [0.05, 0.1) is 0 Å². The van der Waals surface area contributed by atoms with Crippen molar-refractivity contribution in [2.45, 2.75) is 44.7 Å². The van der Waals surface area contributed by atoms with Crippen LogP contribution in [0.4, 0.5) is 4.39 Å². The van der Waals surface area contributed by atoms with Crippen LogP contribution >= 0.6 is 0 Å². The van der Waals surface area contributed by atoms with Crippen molar-refractivity contribution in [2.24, 2.45) is 0 Å². The van der Waals surface area contributed by atoms with Crippen molar-refractivity contribution in [3.8, 4) is 0 Å². The summed E-state index contributed by atoms with van der Waals surface area (Å²) in [6, 6.07) is 13.3. The third-order valence-corrected chi connectivity index (χ3v) is 4.44. The first-order valence-electron chi connectivity index (χ1n) is 9.44. The van der Waals surface area contributed by atoms with E-state index in [4.69, 9.17) is 0 Å². The predicted molar refractivity (Wildman–Crippen MR) is 107 cm³/mol. The first-order valence-corrected chi connectivity index (χ1v) is 9.44. The molecular weight excluding hydrogens is 375 g/mol. The predicted octanol–water partition coefficient (Wildman–Crippen LogP) is 2.47. The number of nitrogens with one attached hydrogen (secondary N) is 2. The Balaban J connectivity index is 1.99. The molecule has 0 bridgehead atoms. The van der Waals surface area contributed by atoms with Crippen LogP contribution in [0.3, 0.4) is 0 Å². The minimum absolute atomic E-state index is 0.0551. The maximum absolute atomic E-state index is 13.4. The number of aryl methyl sites for hydroxylation is 1. The Bertz CT molecular complexity index is 842. The molecule has 2 atom stereocenters. The number of benzene rings is 2. The van der Waals surface area contributed by atoms with E-state index in [2.05, 4.69) is 10.6 Å². The molecule has 7 heteroatoms. The standard InChI is InChI=1S/C22H25FN2O4/c1-15(26)24-20(14-17-10-5-11-18(23)13-17)21(27)25-19(22(28)29)12-6-9-16-7-3-2-4-8-16/h2-5,7-8,10-11,13,19-20H,6,9,12,14H2,1H3,(H,24,26)(H,25,27)(H,28,29)/t19-,20+/m0/s1. The third kappa shape index (κ3) is 7.73. The molecule has 0 heterocycles. The van der Waals surface area contributed by atoms with Crippen molar-refractivity contribution in [3.63, 3.8) is 0 Å². The van der Waals surface area contributed by atoms with E-state index in [0.717, 1.165) is 5.56 Å². The fraction of sp³-hybridized carbons (Fsp3) is 0.318. The Labute approximate surface area is 169 Å². The van der Waals surface area contributed by atoms with Crippen LogP contribution in [0.1, 0.15) is 30.9 Å². The van der Waals surface area contributed by atoms with Crippen LogP contribution in [0.25, 0.3) is 0 Å². The van der Waals surface area contributed by atoms with Crippen molar-refractivity contribution in [2.75, 3.05) is 0 Å². The summed E-state index contributed by atoms with van der Waals surface area (Å²) in [6.07, 6.45) is 1.58. The van der Waals surface area contributed by atoms with Crippen LogP contribution in [0, 0.1) is 5.82 Å². The second-order valence-electron chi connectivity index (χ2n) is 6.86. The molecule has 0 radical (unpaired) electrons. The smallest absolute Gasteiger partial charge is 0.326 e. The van der Waals surface area contributed by atoms with Gasteiger partial charge in [0, 0.05) is 13.3 Å². The molecule has 154 valence electrons. The van der Waals surface area contributed by atoms with E-state index < -0.39 is 35.7 Å². The lowest BCUT2D eigenvalue weighted by molar-refractivity contribution is -0.142. The van der Waals surface area contributed by atoms with Crippen LogP contribution < -0.4 is 10.6 Å². The van der Waals surface area contributed by atoms with Gasteiger partial charge in [-0.15, -0.1) is 0 Å². The summed E-state index contributed by atoms with van der Waals surface area (Å²) in [6.45, 7) is 1.26. The third-order valence-electron chi connectivity index (χ3n) is 4.44. The van der Waals surface area contributed by atoms with Gasteiger partial charge in [0.25, 0.3) is 0 Å². The summed E-state index contributed by atoms with van der Waals surface area (Å²) >= 11 is 0. The zero-order valence-electron chi connectivity index (χ0n) is 16.2. The van der Waals surface area contributed by atoms with Crippen LogP contribution in [-0.2, 0) is 27.2 Å². The first-order chi connectivity index (χ1) is 13.8. The Morgan fingerprint density at radius 1 is 0.966 bits per heavy atom. The number of carbonyl (C=O) groups is 3. The molecule has 6 nitrogen and oxygen atoms in total. The monoisotopic (exact) mass is 400 g/mol. The SMILES string of the molecule is CC(=O)N[C@H](Cc1cccc(F)c1)C(=O)N[C@@H](CCCc1ccccc1)C(=O)O. The summed E-state index contributed by atoms with van der Waals surface area (Å²) in [5, 5.41) is 14.5. The van der Waals surface area contributed by atoms with Crippen molar-refractivity contribution >= 4 is 17.8 Å². The van der Waals surface area contributed by atoms with Crippen LogP contribution in [0.15, 0.2) is 54.6 Å². The van der Waals surface area contributed by atoms with Crippen molar-refractivity contribution in [1.82, 2.24) is 10.6 Å². The lowest BCUT2D eigenvalue weighted by atomic mass is 10.0. The molecule has 2 amide bonds. The van der Waals surface area contributed by atoms with Crippen LogP contribution in [0.2, 0.25) is 0 Å². The van der Waals surface area contributed by atoms with E-state index in [-0.39, 0.29) is 12.8 Å². The van der Waals surface area contributed by atoms with Gasteiger partial charge in [0.1, 0.15) is 17.9 Å². The van der Waals surface area contributed by atoms with Crippen molar-refractivity contribution < 1.29 is 23.9 Å². The number of rotatable bonds is 10. The molecule has 0 aliphatic heterocycles. The molecule has 0 aliphatic rings. The summed E-state index contributed by atoms with van der Waals surface area (Å²) in [7, 11) is 0. The van der Waals surface area contributed by atoms with Gasteiger partial charge in [-0.2, -0.15) is 0 Å². The molecule has 0 aromatic heterocycles. The molecule has 0 unspecified atom stereocenters. The average Bonchev–Trinajstić information content (AvgIpc) is 2.67. The molecule has 0 saturated carbocycles. The van der Waals surface area contributed by atoms with E-state index in [9.17, 15) is 23.9 Å². The Kier molecular flexibility index (Phi) is 8.33. The zero-order valence-corrected chi connectivity index (χ0v) is 16.2. The molecule has 0 fully saturated rings. The molecule has 2 rings (SSSR count). The van der Waals surface area contributed by atoms with E-state index in [0.29, 0.717) is 18.4 Å². The molecule has 0 aliphatic carbocycles. The highest BCUT2D eigenvalue weighted by molar-refractivity contribution is 5.90. The topological polar surface area (TPSA) is 95.5 Å². The molecule has 0 saturated heterocycles. The average molecular weight is 400 g/mol. The minimum atomic E-state index is -1.14. The number of carboxylic acids is 1. The summed E-state index contributed by atoms with van der Waals surface area (Å²) in [5.41, 5.74) is 1.61. The lowest BCUT2D eigenvalue weighted by Gasteiger charge is -2.21. The van der Waals surface area contributed by atoms with Gasteiger partial charge in [0.15, 0.2) is 0 Å². The Morgan fingerprint density at radius 3 is 2.28 bits per heavy atom. The lowest BCUT2D eigenvalue weighted by Crippen LogP contribution is -2.52. The van der Waals surface area contributed by atoms with E-state index in [1.165, 1.54) is 25.1 Å². The van der Waals surface area contributed by atoms with Gasteiger partial charge in [-0.25, -0.2) is 9.18 Å². The van der Waals surface area contributed by atoms with E-state index in [1.807, 2.05) is 30.3 Å². The number of amides is 2. The van der Waals surface area contributed by atoms with Gasteiger partial charge in [-0.05, 0) is 42.5 Å². The molecule has 0 spiro atoms. The quantitative estimate of drug-likeness (QED) is 0.571. The highest BCUT2D eigenvalue weighted by atomic mass is 19.1. The minimum Gasteiger partial charge on any atom is -0.480 e. The molecule has 2 aromatic carbocycles. The number of halogens is 1. The van der Waals surface area contributed by atoms with Gasteiger partial charge in [-0.1, -0.05) is 42.5 Å². The highest BCUT2D eigenvalue weighted by Crippen LogP contribution is 2.10. The highest BCUT2D eigenvalue weighted by Gasteiger charge is 2.26. The summed E-state index contributed by atoms with van der Waals surface area (Å²) in [4.78, 5) is 35.7. The Hall–Kier alpha value is -3.22. The molecular formula is C22H25FN2O4. The van der Waals surface area contributed by atoms with Crippen molar-refractivity contribution in [1.29, 1.82) is 0 Å². The second kappa shape index (κ2) is 10.9. The van der Waals surface area contributed by atoms with E-state index in [1.54, 1.807) is 6.07 Å². The Morgan fingerprint density at radius 2 is 1.66 bits per heavy atom. The molecule has 3 N–H and O–H groups in total. The van der Waals surface area contributed by atoms with Gasteiger partial charge >= 0.3 is 5.97 Å². The van der Waals surface area contributed by atoms with Gasteiger partial charge < -0.3 is 15.7 Å². The number of aliphatic carboxylic acids is 1. The summed E-state index contributed by atoms with van der Waals surface area (Å²) in [5.74, 6) is -2.64. The number of carboxylic acid groups (broad SMARTS) is 1. The number of hydrogen-bond donors (Lipinski definition) is 3. The van der Waals surface area contributed by atoms with Crippen molar-refractivity contribution in [3.05, 3.63) is 71.5 Å². The fourth-order valence-electron chi connectivity index (χ4n) is 3.04. The van der Waals surface area contributed by atoms with Gasteiger partial charge in [-0.3, -0.25) is 9.59 Å². The van der Waals surface area contributed by atoms with E-state index >= 15 is 0 Å². The van der Waals surface area contributed by atoms with Crippen LogP contribution in [-0.4, -0.2) is 35.0 Å². The zero-order chi connectivity index (χ0) is 21.2.